The smallest absolute Gasteiger partial charge is 0.239 e. The van der Waals surface area contributed by atoms with Crippen molar-refractivity contribution in [3.05, 3.63) is 23.8 Å². The van der Waals surface area contributed by atoms with Crippen molar-refractivity contribution in [2.75, 3.05) is 22.6 Å². The SMILES string of the molecule is CCCCS(=O)(=O)CC(=O)Nc1ccc(N)cc1C. The Morgan fingerprint density at radius 3 is 2.63 bits per heavy atom. The highest BCUT2D eigenvalue weighted by Crippen LogP contribution is 2.17. The van der Waals surface area contributed by atoms with Crippen molar-refractivity contribution in [2.24, 2.45) is 0 Å². The van der Waals surface area contributed by atoms with Gasteiger partial charge in [-0.25, -0.2) is 8.42 Å². The van der Waals surface area contributed by atoms with E-state index in [2.05, 4.69) is 5.32 Å². The lowest BCUT2D eigenvalue weighted by Crippen LogP contribution is -2.25. The number of nitrogens with two attached hydrogens (primary N) is 1. The average molecular weight is 284 g/mol. The highest BCUT2D eigenvalue weighted by molar-refractivity contribution is 7.92. The van der Waals surface area contributed by atoms with Crippen molar-refractivity contribution in [1.82, 2.24) is 0 Å². The molecule has 0 radical (unpaired) electrons. The van der Waals surface area contributed by atoms with Gasteiger partial charge in [0.2, 0.25) is 5.91 Å². The molecule has 3 N–H and O–H groups in total. The van der Waals surface area contributed by atoms with Gasteiger partial charge in [0.1, 0.15) is 5.75 Å². The highest BCUT2D eigenvalue weighted by atomic mass is 32.2. The van der Waals surface area contributed by atoms with Gasteiger partial charge in [-0.05, 0) is 37.1 Å². The van der Waals surface area contributed by atoms with Crippen molar-refractivity contribution in [3.8, 4) is 0 Å². The summed E-state index contributed by atoms with van der Waals surface area (Å²) in [6, 6.07) is 5.05. The van der Waals surface area contributed by atoms with Crippen LogP contribution in [-0.4, -0.2) is 25.8 Å². The number of hydrogen-bond donors (Lipinski definition) is 2. The summed E-state index contributed by atoms with van der Waals surface area (Å²) in [6.45, 7) is 3.71. The Kier molecular flexibility index (Phi) is 5.35. The number of sulfone groups is 1. The van der Waals surface area contributed by atoms with E-state index in [1.54, 1.807) is 25.1 Å². The van der Waals surface area contributed by atoms with Gasteiger partial charge >= 0.3 is 0 Å². The van der Waals surface area contributed by atoms with E-state index in [1.165, 1.54) is 0 Å². The van der Waals surface area contributed by atoms with Crippen molar-refractivity contribution in [1.29, 1.82) is 0 Å². The maximum absolute atomic E-state index is 11.7. The number of anilines is 2. The second-order valence-electron chi connectivity index (χ2n) is 4.57. The lowest BCUT2D eigenvalue weighted by molar-refractivity contribution is -0.113. The quantitative estimate of drug-likeness (QED) is 0.778. The number of benzene rings is 1. The van der Waals surface area contributed by atoms with Crippen molar-refractivity contribution in [3.63, 3.8) is 0 Å². The largest absolute Gasteiger partial charge is 0.399 e. The Morgan fingerprint density at radius 1 is 1.37 bits per heavy atom. The molecule has 0 atom stereocenters. The molecule has 1 aromatic rings. The fraction of sp³-hybridized carbons (Fsp3) is 0.462. The summed E-state index contributed by atoms with van der Waals surface area (Å²) in [4.78, 5) is 11.7. The monoisotopic (exact) mass is 284 g/mol. The molecule has 106 valence electrons. The third kappa shape index (κ3) is 5.30. The van der Waals surface area contributed by atoms with Crippen molar-refractivity contribution < 1.29 is 13.2 Å². The molecule has 19 heavy (non-hydrogen) atoms. The van der Waals surface area contributed by atoms with Crippen molar-refractivity contribution in [2.45, 2.75) is 26.7 Å². The highest BCUT2D eigenvalue weighted by Gasteiger charge is 2.16. The van der Waals surface area contributed by atoms with Crippen LogP contribution in [0.2, 0.25) is 0 Å². The molecule has 0 aromatic heterocycles. The molecule has 0 aliphatic heterocycles. The Morgan fingerprint density at radius 2 is 2.05 bits per heavy atom. The number of hydrogen-bond acceptors (Lipinski definition) is 4. The van der Waals surface area contributed by atoms with E-state index >= 15 is 0 Å². The summed E-state index contributed by atoms with van der Waals surface area (Å²) >= 11 is 0. The average Bonchev–Trinajstić information content (AvgIpc) is 2.29. The third-order valence-corrected chi connectivity index (χ3v) is 4.30. The lowest BCUT2D eigenvalue weighted by atomic mass is 10.2. The number of aryl methyl sites for hydroxylation is 1. The van der Waals surface area contributed by atoms with Gasteiger partial charge in [0.15, 0.2) is 9.84 Å². The standard InChI is InChI=1S/C13H20N2O3S/c1-3-4-7-19(17,18)9-13(16)15-12-6-5-11(14)8-10(12)2/h5-6,8H,3-4,7,9,14H2,1-2H3,(H,15,16). The molecule has 0 spiro atoms. The number of rotatable bonds is 6. The molecule has 0 fully saturated rings. The normalized spacial score (nSPS) is 11.3. The first-order valence-electron chi connectivity index (χ1n) is 6.20. The Balaban J connectivity index is 2.65. The van der Waals surface area contributed by atoms with E-state index in [0.717, 1.165) is 12.0 Å². The zero-order valence-corrected chi connectivity index (χ0v) is 12.1. The van der Waals surface area contributed by atoms with Crippen LogP contribution in [0, 0.1) is 6.92 Å². The van der Waals surface area contributed by atoms with Gasteiger partial charge in [0.25, 0.3) is 0 Å². The summed E-state index contributed by atoms with van der Waals surface area (Å²) in [7, 11) is -3.32. The van der Waals surface area contributed by atoms with Crippen LogP contribution in [0.3, 0.4) is 0 Å². The molecule has 1 amide bonds. The zero-order valence-electron chi connectivity index (χ0n) is 11.3. The van der Waals surface area contributed by atoms with Crippen LogP contribution in [0.25, 0.3) is 0 Å². The summed E-state index contributed by atoms with van der Waals surface area (Å²) in [5.74, 6) is -0.932. The third-order valence-electron chi connectivity index (χ3n) is 2.68. The molecule has 1 rings (SSSR count). The van der Waals surface area contributed by atoms with Crippen LogP contribution >= 0.6 is 0 Å². The molecular weight excluding hydrogens is 264 g/mol. The molecule has 0 aliphatic rings. The van der Waals surface area contributed by atoms with Crippen molar-refractivity contribution >= 4 is 27.1 Å². The summed E-state index contributed by atoms with van der Waals surface area (Å²) < 4.78 is 23.3. The fourth-order valence-corrected chi connectivity index (χ4v) is 2.99. The van der Waals surface area contributed by atoms with E-state index in [1.807, 2.05) is 6.92 Å². The molecule has 0 aliphatic carbocycles. The van der Waals surface area contributed by atoms with Crippen LogP contribution in [-0.2, 0) is 14.6 Å². The summed E-state index contributed by atoms with van der Waals surface area (Å²) in [5.41, 5.74) is 7.60. The van der Waals surface area contributed by atoms with Crippen LogP contribution < -0.4 is 11.1 Å². The predicted molar refractivity (Wildman–Crippen MR) is 77.8 cm³/mol. The maximum atomic E-state index is 11.7. The summed E-state index contributed by atoms with van der Waals surface area (Å²) in [6.07, 6.45) is 1.37. The van der Waals surface area contributed by atoms with Gasteiger partial charge in [-0.3, -0.25) is 4.79 Å². The number of nitrogens with one attached hydrogen (secondary N) is 1. The van der Waals surface area contributed by atoms with Gasteiger partial charge < -0.3 is 11.1 Å². The second-order valence-corrected chi connectivity index (χ2v) is 6.75. The number of unbranched alkanes of at least 4 members (excludes halogenated alkanes) is 1. The van der Waals surface area contributed by atoms with E-state index < -0.39 is 21.5 Å². The number of amides is 1. The molecular formula is C13H20N2O3S. The molecule has 0 saturated heterocycles. The lowest BCUT2D eigenvalue weighted by Gasteiger charge is -2.09. The molecule has 0 saturated carbocycles. The fourth-order valence-electron chi connectivity index (χ4n) is 1.65. The van der Waals surface area contributed by atoms with Gasteiger partial charge in [0.05, 0.1) is 5.75 Å². The first kappa shape index (κ1) is 15.5. The van der Waals surface area contributed by atoms with E-state index in [-0.39, 0.29) is 5.75 Å². The van der Waals surface area contributed by atoms with E-state index in [4.69, 9.17) is 5.73 Å². The molecule has 0 heterocycles. The van der Waals surface area contributed by atoms with Crippen LogP contribution in [0.1, 0.15) is 25.3 Å². The molecule has 0 unspecified atom stereocenters. The predicted octanol–water partition coefficient (Wildman–Crippen LogP) is 1.73. The Labute approximate surface area is 114 Å². The molecule has 1 aromatic carbocycles. The minimum Gasteiger partial charge on any atom is -0.399 e. The Bertz CT molecular complexity index is 553. The van der Waals surface area contributed by atoms with Gasteiger partial charge in [-0.1, -0.05) is 13.3 Å². The van der Waals surface area contributed by atoms with Gasteiger partial charge in [-0.15, -0.1) is 0 Å². The molecule has 6 heteroatoms. The zero-order chi connectivity index (χ0) is 14.5. The first-order chi connectivity index (χ1) is 8.84. The Hall–Kier alpha value is -1.56. The first-order valence-corrected chi connectivity index (χ1v) is 8.02. The van der Waals surface area contributed by atoms with Crippen LogP contribution in [0.4, 0.5) is 11.4 Å². The topological polar surface area (TPSA) is 89.3 Å². The number of carbonyl (C=O) groups excluding carboxylic acids is 1. The van der Waals surface area contributed by atoms with E-state index in [0.29, 0.717) is 17.8 Å². The summed E-state index contributed by atoms with van der Waals surface area (Å²) in [5, 5.41) is 2.60. The number of carbonyl (C=O) groups is 1. The van der Waals surface area contributed by atoms with Crippen LogP contribution in [0.15, 0.2) is 18.2 Å². The molecule has 0 bridgehead atoms. The number of nitrogen functional groups attached to an aromatic ring is 1. The minimum absolute atomic E-state index is 0.0532. The van der Waals surface area contributed by atoms with Gasteiger partial charge in [-0.2, -0.15) is 0 Å². The van der Waals surface area contributed by atoms with E-state index in [9.17, 15) is 13.2 Å². The van der Waals surface area contributed by atoms with Crippen LogP contribution in [0.5, 0.6) is 0 Å². The maximum Gasteiger partial charge on any atom is 0.239 e. The minimum atomic E-state index is -3.32. The van der Waals surface area contributed by atoms with Gasteiger partial charge in [0, 0.05) is 11.4 Å². The molecule has 5 nitrogen and oxygen atoms in total. The second kappa shape index (κ2) is 6.56.